The highest BCUT2D eigenvalue weighted by Crippen LogP contribution is 2.19. The van der Waals surface area contributed by atoms with E-state index in [2.05, 4.69) is 20.5 Å². The highest BCUT2D eigenvalue weighted by molar-refractivity contribution is 6.03. The number of pyridine rings is 1. The van der Waals surface area contributed by atoms with Crippen molar-refractivity contribution in [2.75, 3.05) is 5.32 Å². The SMILES string of the molecule is Cc1nn(C)c2ncc(NC(=O)c3ccc(=O)n(Cc4ccccc4)n3)cc12. The van der Waals surface area contributed by atoms with Crippen LogP contribution in [0.1, 0.15) is 21.7 Å². The molecular weight excluding hydrogens is 356 g/mol. The molecule has 1 aromatic carbocycles. The molecule has 3 heterocycles. The number of carbonyl (C=O) groups is 1. The van der Waals surface area contributed by atoms with Gasteiger partial charge in [0.05, 0.1) is 24.1 Å². The van der Waals surface area contributed by atoms with E-state index in [-0.39, 0.29) is 11.3 Å². The van der Waals surface area contributed by atoms with Crippen molar-refractivity contribution in [1.29, 1.82) is 0 Å². The molecular formula is C20H18N6O2. The zero-order valence-electron chi connectivity index (χ0n) is 15.5. The molecule has 0 saturated heterocycles. The van der Waals surface area contributed by atoms with E-state index in [9.17, 15) is 9.59 Å². The predicted molar refractivity (Wildman–Crippen MR) is 105 cm³/mol. The molecule has 1 amide bonds. The van der Waals surface area contributed by atoms with Gasteiger partial charge in [-0.3, -0.25) is 14.3 Å². The monoisotopic (exact) mass is 374 g/mol. The molecule has 4 rings (SSSR count). The third-order valence-corrected chi connectivity index (χ3v) is 4.40. The molecule has 0 bridgehead atoms. The van der Waals surface area contributed by atoms with Crippen LogP contribution in [-0.4, -0.2) is 30.5 Å². The second-order valence-corrected chi connectivity index (χ2v) is 6.46. The summed E-state index contributed by atoms with van der Waals surface area (Å²) in [7, 11) is 1.82. The predicted octanol–water partition coefficient (Wildman–Crippen LogP) is 2.13. The Morgan fingerprint density at radius 3 is 2.68 bits per heavy atom. The summed E-state index contributed by atoms with van der Waals surface area (Å²) in [6, 6.07) is 14.1. The number of fused-ring (bicyclic) bond motifs is 1. The van der Waals surface area contributed by atoms with Gasteiger partial charge >= 0.3 is 0 Å². The lowest BCUT2D eigenvalue weighted by Gasteiger charge is -2.08. The molecule has 1 N–H and O–H groups in total. The maximum Gasteiger partial charge on any atom is 0.276 e. The molecule has 8 heteroatoms. The van der Waals surface area contributed by atoms with Gasteiger partial charge in [0, 0.05) is 18.5 Å². The maximum atomic E-state index is 12.6. The van der Waals surface area contributed by atoms with Gasteiger partial charge in [-0.05, 0) is 24.6 Å². The maximum absolute atomic E-state index is 12.6. The Labute approximate surface area is 160 Å². The Hall–Kier alpha value is -3.81. The van der Waals surface area contributed by atoms with E-state index in [0.29, 0.717) is 12.2 Å². The normalized spacial score (nSPS) is 10.9. The zero-order chi connectivity index (χ0) is 19.7. The van der Waals surface area contributed by atoms with Gasteiger partial charge in [-0.15, -0.1) is 0 Å². The molecule has 0 saturated carbocycles. The number of anilines is 1. The number of hydrogen-bond donors (Lipinski definition) is 1. The number of aryl methyl sites for hydroxylation is 2. The van der Waals surface area contributed by atoms with Gasteiger partial charge in [0.1, 0.15) is 5.69 Å². The number of benzene rings is 1. The third kappa shape index (κ3) is 3.39. The minimum Gasteiger partial charge on any atom is -0.319 e. The first-order chi connectivity index (χ1) is 13.5. The van der Waals surface area contributed by atoms with E-state index < -0.39 is 5.91 Å². The molecule has 0 fully saturated rings. The molecule has 0 atom stereocenters. The quantitative estimate of drug-likeness (QED) is 0.590. The first-order valence-electron chi connectivity index (χ1n) is 8.74. The first kappa shape index (κ1) is 17.6. The fraction of sp³-hybridized carbons (Fsp3) is 0.150. The van der Waals surface area contributed by atoms with Gasteiger partial charge in [-0.25, -0.2) is 9.67 Å². The van der Waals surface area contributed by atoms with Gasteiger partial charge in [0.25, 0.3) is 11.5 Å². The summed E-state index contributed by atoms with van der Waals surface area (Å²) < 4.78 is 2.97. The molecule has 0 spiro atoms. The average molecular weight is 374 g/mol. The molecule has 0 aliphatic carbocycles. The van der Waals surface area contributed by atoms with E-state index in [1.165, 1.54) is 16.8 Å². The van der Waals surface area contributed by atoms with Crippen LogP contribution in [0.2, 0.25) is 0 Å². The van der Waals surface area contributed by atoms with Gasteiger partial charge in [0.15, 0.2) is 5.65 Å². The van der Waals surface area contributed by atoms with Crippen molar-refractivity contribution < 1.29 is 4.79 Å². The summed E-state index contributed by atoms with van der Waals surface area (Å²) in [6.07, 6.45) is 1.57. The number of nitrogens with zero attached hydrogens (tertiary/aromatic N) is 5. The van der Waals surface area contributed by atoms with Crippen molar-refractivity contribution in [3.05, 3.63) is 82.0 Å². The molecule has 4 aromatic rings. The Morgan fingerprint density at radius 1 is 1.11 bits per heavy atom. The minimum atomic E-state index is -0.412. The molecule has 0 radical (unpaired) electrons. The van der Waals surface area contributed by atoms with E-state index in [0.717, 1.165) is 22.3 Å². The Bertz CT molecular complexity index is 1230. The van der Waals surface area contributed by atoms with Crippen LogP contribution in [-0.2, 0) is 13.6 Å². The Kier molecular flexibility index (Phi) is 4.44. The molecule has 3 aromatic heterocycles. The third-order valence-electron chi connectivity index (χ3n) is 4.40. The lowest BCUT2D eigenvalue weighted by molar-refractivity contribution is 0.102. The van der Waals surface area contributed by atoms with Crippen LogP contribution >= 0.6 is 0 Å². The lowest BCUT2D eigenvalue weighted by Crippen LogP contribution is -2.26. The molecule has 8 nitrogen and oxygen atoms in total. The second-order valence-electron chi connectivity index (χ2n) is 6.46. The van der Waals surface area contributed by atoms with Gasteiger partial charge in [-0.2, -0.15) is 10.2 Å². The van der Waals surface area contributed by atoms with Crippen LogP contribution in [0.15, 0.2) is 59.5 Å². The minimum absolute atomic E-state index is 0.151. The van der Waals surface area contributed by atoms with Crippen molar-refractivity contribution in [3.63, 3.8) is 0 Å². The largest absolute Gasteiger partial charge is 0.319 e. The molecule has 28 heavy (non-hydrogen) atoms. The van der Waals surface area contributed by atoms with Gasteiger partial charge in [0.2, 0.25) is 0 Å². The number of rotatable bonds is 4. The highest BCUT2D eigenvalue weighted by atomic mass is 16.2. The zero-order valence-corrected chi connectivity index (χ0v) is 15.5. The van der Waals surface area contributed by atoms with Gasteiger partial charge in [-0.1, -0.05) is 30.3 Å². The molecule has 0 aliphatic rings. The fourth-order valence-electron chi connectivity index (χ4n) is 3.01. The number of amides is 1. The summed E-state index contributed by atoms with van der Waals surface area (Å²) in [6.45, 7) is 2.18. The van der Waals surface area contributed by atoms with Crippen molar-refractivity contribution in [1.82, 2.24) is 24.5 Å². The summed E-state index contributed by atoms with van der Waals surface area (Å²) in [5.74, 6) is -0.412. The summed E-state index contributed by atoms with van der Waals surface area (Å²) in [5, 5.41) is 12.2. The van der Waals surface area contributed by atoms with Crippen molar-refractivity contribution >= 4 is 22.6 Å². The van der Waals surface area contributed by atoms with E-state index >= 15 is 0 Å². The van der Waals surface area contributed by atoms with Crippen LogP contribution < -0.4 is 10.9 Å². The second kappa shape index (κ2) is 7.07. The number of hydrogen-bond acceptors (Lipinski definition) is 5. The standard InChI is InChI=1S/C20H18N6O2/c1-13-16-10-15(11-21-19(16)25(2)23-13)22-20(28)17-8-9-18(27)26(24-17)12-14-6-4-3-5-7-14/h3-11H,12H2,1-2H3,(H,22,28). The first-order valence-corrected chi connectivity index (χ1v) is 8.74. The number of nitrogens with one attached hydrogen (secondary N) is 1. The van der Waals surface area contributed by atoms with Crippen LogP contribution in [0.25, 0.3) is 11.0 Å². The highest BCUT2D eigenvalue weighted by Gasteiger charge is 2.13. The summed E-state index contributed by atoms with van der Waals surface area (Å²) >= 11 is 0. The topological polar surface area (TPSA) is 94.7 Å². The molecule has 0 aliphatic heterocycles. The number of carbonyl (C=O) groups excluding carboxylic acids is 1. The van der Waals surface area contributed by atoms with Crippen molar-refractivity contribution in [2.45, 2.75) is 13.5 Å². The Balaban J connectivity index is 1.59. The number of aromatic nitrogens is 5. The Morgan fingerprint density at radius 2 is 1.89 bits per heavy atom. The van der Waals surface area contributed by atoms with Crippen LogP contribution in [0.4, 0.5) is 5.69 Å². The van der Waals surface area contributed by atoms with Crippen LogP contribution in [0.5, 0.6) is 0 Å². The van der Waals surface area contributed by atoms with Crippen molar-refractivity contribution in [3.8, 4) is 0 Å². The lowest BCUT2D eigenvalue weighted by atomic mass is 10.2. The summed E-state index contributed by atoms with van der Waals surface area (Å²) in [5.41, 5.74) is 2.92. The fourth-order valence-corrected chi connectivity index (χ4v) is 3.01. The molecule has 140 valence electrons. The van der Waals surface area contributed by atoms with E-state index in [4.69, 9.17) is 0 Å². The van der Waals surface area contributed by atoms with E-state index in [1.807, 2.05) is 50.4 Å². The van der Waals surface area contributed by atoms with Crippen LogP contribution in [0.3, 0.4) is 0 Å². The molecule has 0 unspecified atom stereocenters. The van der Waals surface area contributed by atoms with Gasteiger partial charge < -0.3 is 5.32 Å². The van der Waals surface area contributed by atoms with E-state index in [1.54, 1.807) is 10.9 Å². The van der Waals surface area contributed by atoms with Crippen molar-refractivity contribution in [2.24, 2.45) is 7.05 Å². The summed E-state index contributed by atoms with van der Waals surface area (Å²) in [4.78, 5) is 29.1. The van der Waals surface area contributed by atoms with Crippen LogP contribution in [0, 0.1) is 6.92 Å². The smallest absolute Gasteiger partial charge is 0.276 e. The average Bonchev–Trinajstić information content (AvgIpc) is 2.98.